The van der Waals surface area contributed by atoms with Crippen LogP contribution >= 0.6 is 23.2 Å². The van der Waals surface area contributed by atoms with Crippen LogP contribution in [0.25, 0.3) is 0 Å². The summed E-state index contributed by atoms with van der Waals surface area (Å²) in [4.78, 5) is 44.7. The third-order valence-corrected chi connectivity index (χ3v) is 7.53. The molecule has 1 aliphatic heterocycles. The van der Waals surface area contributed by atoms with Gasteiger partial charge in [-0.25, -0.2) is 4.39 Å². The molecular weight excluding hydrogens is 544 g/mol. The summed E-state index contributed by atoms with van der Waals surface area (Å²) in [6.07, 6.45) is 0.675. The maximum atomic E-state index is 13.7. The van der Waals surface area contributed by atoms with Gasteiger partial charge >= 0.3 is 0 Å². The molecule has 0 radical (unpaired) electrons. The summed E-state index contributed by atoms with van der Waals surface area (Å²) in [7, 11) is 5.15. The first-order chi connectivity index (χ1) is 18.5. The van der Waals surface area contributed by atoms with E-state index in [-0.39, 0.29) is 42.5 Å². The molecule has 1 saturated heterocycles. The third-order valence-electron chi connectivity index (χ3n) is 6.79. The molecule has 8 nitrogen and oxygen atoms in total. The zero-order chi connectivity index (χ0) is 28.7. The molecule has 2 aromatic carbocycles. The number of carbonyl (C=O) groups is 3. The van der Waals surface area contributed by atoms with Gasteiger partial charge in [-0.15, -0.1) is 0 Å². The molecule has 11 heteroatoms. The van der Waals surface area contributed by atoms with Crippen molar-refractivity contribution in [2.45, 2.75) is 37.9 Å². The Morgan fingerprint density at radius 1 is 1.03 bits per heavy atom. The van der Waals surface area contributed by atoms with E-state index in [2.05, 4.69) is 15.5 Å². The first kappa shape index (κ1) is 30.8. The van der Waals surface area contributed by atoms with Gasteiger partial charge in [-0.3, -0.25) is 19.3 Å². The van der Waals surface area contributed by atoms with Crippen molar-refractivity contribution in [3.8, 4) is 0 Å². The highest BCUT2D eigenvalue weighted by Crippen LogP contribution is 2.25. The number of piperazine rings is 1. The van der Waals surface area contributed by atoms with E-state index >= 15 is 0 Å². The lowest BCUT2D eigenvalue weighted by molar-refractivity contribution is -0.141. The van der Waals surface area contributed by atoms with E-state index in [1.807, 2.05) is 13.0 Å². The minimum Gasteiger partial charge on any atom is -0.358 e. The molecule has 39 heavy (non-hydrogen) atoms. The Hall–Kier alpha value is -2.72. The summed E-state index contributed by atoms with van der Waals surface area (Å²) in [5, 5.41) is 6.49. The van der Waals surface area contributed by atoms with E-state index in [4.69, 9.17) is 23.2 Å². The molecule has 3 rings (SSSR count). The summed E-state index contributed by atoms with van der Waals surface area (Å²) < 4.78 is 13.4. The minimum atomic E-state index is -0.803. The predicted molar refractivity (Wildman–Crippen MR) is 151 cm³/mol. The van der Waals surface area contributed by atoms with Crippen molar-refractivity contribution in [3.63, 3.8) is 0 Å². The third kappa shape index (κ3) is 8.63. The molecule has 3 amide bonds. The highest BCUT2D eigenvalue weighted by Gasteiger charge is 2.36. The van der Waals surface area contributed by atoms with Gasteiger partial charge < -0.3 is 20.4 Å². The molecule has 1 aliphatic rings. The lowest BCUT2D eigenvalue weighted by Gasteiger charge is -2.43. The molecule has 0 bridgehead atoms. The van der Waals surface area contributed by atoms with E-state index in [1.165, 1.54) is 12.1 Å². The van der Waals surface area contributed by atoms with Gasteiger partial charge in [-0.2, -0.15) is 0 Å². The summed E-state index contributed by atoms with van der Waals surface area (Å²) >= 11 is 12.2. The largest absolute Gasteiger partial charge is 0.358 e. The highest BCUT2D eigenvalue weighted by atomic mass is 35.5. The summed E-state index contributed by atoms with van der Waals surface area (Å²) in [5.74, 6) is -0.972. The molecule has 212 valence electrons. The van der Waals surface area contributed by atoms with E-state index in [0.717, 1.165) is 11.1 Å². The smallest absolute Gasteiger partial charge is 0.245 e. The van der Waals surface area contributed by atoms with Gasteiger partial charge in [0.05, 0.1) is 22.6 Å². The molecule has 0 spiro atoms. The Labute approximate surface area is 239 Å². The zero-order valence-electron chi connectivity index (χ0n) is 22.7. The summed E-state index contributed by atoms with van der Waals surface area (Å²) in [6, 6.07) is 9.77. The van der Waals surface area contributed by atoms with Crippen molar-refractivity contribution < 1.29 is 18.8 Å². The topological polar surface area (TPSA) is 85.0 Å². The molecule has 1 heterocycles. The van der Waals surface area contributed by atoms with Crippen LogP contribution in [0.2, 0.25) is 10.0 Å². The van der Waals surface area contributed by atoms with Gasteiger partial charge in [-0.05, 0) is 62.8 Å². The van der Waals surface area contributed by atoms with Crippen LogP contribution in [0.1, 0.15) is 18.1 Å². The lowest BCUT2D eigenvalue weighted by atomic mass is 10.00. The summed E-state index contributed by atoms with van der Waals surface area (Å²) in [5.41, 5.74) is 1.62. The number of carbonyl (C=O) groups excluding carboxylic acids is 3. The quantitative estimate of drug-likeness (QED) is 0.452. The Morgan fingerprint density at radius 2 is 1.69 bits per heavy atom. The fourth-order valence-corrected chi connectivity index (χ4v) is 5.14. The van der Waals surface area contributed by atoms with Crippen LogP contribution in [0.4, 0.5) is 4.39 Å². The molecule has 2 N–H and O–H groups in total. The first-order valence-electron chi connectivity index (χ1n) is 12.9. The number of hydrogen-bond donors (Lipinski definition) is 2. The SMILES string of the molecule is CNC(=O)C(Cc1ccc(Cl)c(Cl)c1)N1CCN(C(=O)C(Cc2ccc(F)cc2)NC(=O)CN(C)C)C(C)C1. The average Bonchev–Trinajstić information content (AvgIpc) is 2.88. The van der Waals surface area contributed by atoms with Crippen molar-refractivity contribution in [1.82, 2.24) is 25.3 Å². The van der Waals surface area contributed by atoms with Gasteiger partial charge in [0, 0.05) is 39.1 Å². The minimum absolute atomic E-state index is 0.127. The second-order valence-electron chi connectivity index (χ2n) is 10.1. The van der Waals surface area contributed by atoms with Gasteiger partial charge in [0.1, 0.15) is 11.9 Å². The second kappa shape index (κ2) is 14.1. The van der Waals surface area contributed by atoms with Crippen molar-refractivity contribution in [2.75, 3.05) is 47.3 Å². The van der Waals surface area contributed by atoms with Crippen LogP contribution in [0.5, 0.6) is 0 Å². The number of nitrogens with one attached hydrogen (secondary N) is 2. The van der Waals surface area contributed by atoms with Crippen molar-refractivity contribution >= 4 is 40.9 Å². The zero-order valence-corrected chi connectivity index (χ0v) is 24.2. The fourth-order valence-electron chi connectivity index (χ4n) is 4.82. The van der Waals surface area contributed by atoms with Crippen LogP contribution in [0, 0.1) is 5.82 Å². The molecule has 0 aliphatic carbocycles. The predicted octanol–water partition coefficient (Wildman–Crippen LogP) is 2.61. The Morgan fingerprint density at radius 3 is 2.28 bits per heavy atom. The normalized spacial score (nSPS) is 17.5. The standard InChI is InChI=1S/C28H36Cl2FN5O3/c1-18-16-35(25(27(38)32-2)15-20-7-10-22(29)23(30)13-20)11-12-36(18)28(39)24(33-26(37)17-34(3)4)14-19-5-8-21(31)9-6-19/h5-10,13,18,24-25H,11-12,14-17H2,1-4H3,(H,32,38)(H,33,37). The molecule has 3 unspecified atom stereocenters. The second-order valence-corrected chi connectivity index (χ2v) is 11.0. The molecule has 1 fully saturated rings. The molecule has 0 saturated carbocycles. The van der Waals surface area contributed by atoms with Crippen molar-refractivity contribution in [2.24, 2.45) is 0 Å². The Kier molecular flexibility index (Phi) is 11.1. The first-order valence-corrected chi connectivity index (χ1v) is 13.6. The fraction of sp³-hybridized carbons (Fsp3) is 0.464. The van der Waals surface area contributed by atoms with Gasteiger partial charge in [-0.1, -0.05) is 41.4 Å². The van der Waals surface area contributed by atoms with Gasteiger partial charge in [0.2, 0.25) is 17.7 Å². The van der Waals surface area contributed by atoms with Crippen molar-refractivity contribution in [1.29, 1.82) is 0 Å². The number of nitrogens with zero attached hydrogens (tertiary/aromatic N) is 3. The average molecular weight is 581 g/mol. The Bertz CT molecular complexity index is 1160. The number of halogens is 3. The number of likely N-dealkylation sites (N-methyl/N-ethyl adjacent to an activating group) is 2. The molecule has 0 aromatic heterocycles. The van der Waals surface area contributed by atoms with Gasteiger partial charge in [0.15, 0.2) is 0 Å². The molecular formula is C28H36Cl2FN5O3. The van der Waals surface area contributed by atoms with E-state index in [0.29, 0.717) is 36.1 Å². The van der Waals surface area contributed by atoms with Crippen LogP contribution < -0.4 is 10.6 Å². The Balaban J connectivity index is 1.75. The van der Waals surface area contributed by atoms with E-state index < -0.39 is 12.1 Å². The van der Waals surface area contributed by atoms with Gasteiger partial charge in [0.25, 0.3) is 0 Å². The van der Waals surface area contributed by atoms with E-state index in [9.17, 15) is 18.8 Å². The number of rotatable bonds is 10. The maximum Gasteiger partial charge on any atom is 0.245 e. The number of benzene rings is 2. The number of amides is 3. The van der Waals surface area contributed by atoms with Crippen LogP contribution in [-0.4, -0.2) is 97.9 Å². The summed E-state index contributed by atoms with van der Waals surface area (Å²) in [6.45, 7) is 3.41. The van der Waals surface area contributed by atoms with Crippen molar-refractivity contribution in [3.05, 3.63) is 69.5 Å². The highest BCUT2D eigenvalue weighted by molar-refractivity contribution is 6.42. The maximum absolute atomic E-state index is 13.7. The monoisotopic (exact) mass is 579 g/mol. The van der Waals surface area contributed by atoms with E-state index in [1.54, 1.807) is 55.2 Å². The molecule has 3 atom stereocenters. The van der Waals surface area contributed by atoms with Crippen LogP contribution in [0.15, 0.2) is 42.5 Å². The van der Waals surface area contributed by atoms with Crippen LogP contribution in [0.3, 0.4) is 0 Å². The molecule has 2 aromatic rings. The lowest BCUT2D eigenvalue weighted by Crippen LogP contribution is -2.62. The van der Waals surface area contributed by atoms with Crippen LogP contribution in [-0.2, 0) is 27.2 Å². The number of hydrogen-bond acceptors (Lipinski definition) is 5.